The smallest absolute Gasteiger partial charge is 0.434 e. The molecule has 1 saturated carbocycles. The molecule has 0 aliphatic heterocycles. The molecule has 10 nitrogen and oxygen atoms in total. The van der Waals surface area contributed by atoms with Crippen molar-refractivity contribution in [1.82, 2.24) is 30.4 Å². The highest BCUT2D eigenvalue weighted by molar-refractivity contribution is 6.30. The third-order valence-corrected chi connectivity index (χ3v) is 6.44. The second-order valence-corrected chi connectivity index (χ2v) is 9.05. The molecular weight excluding hydrogens is 477 g/mol. The highest BCUT2D eigenvalue weighted by atomic mass is 35.5. The third kappa shape index (κ3) is 5.04. The molecule has 0 unspecified atom stereocenters. The fourth-order valence-corrected chi connectivity index (χ4v) is 4.64. The number of aromatic amines is 2. The van der Waals surface area contributed by atoms with Gasteiger partial charge in [-0.15, -0.1) is 5.10 Å². The van der Waals surface area contributed by atoms with Gasteiger partial charge < -0.3 is 14.5 Å². The fourth-order valence-electron chi connectivity index (χ4n) is 4.48. The summed E-state index contributed by atoms with van der Waals surface area (Å²) in [6, 6.07) is 8.30. The molecule has 0 bridgehead atoms. The first-order valence-electron chi connectivity index (χ1n) is 11.2. The Morgan fingerprint density at radius 1 is 1.23 bits per heavy atom. The van der Waals surface area contributed by atoms with Crippen molar-refractivity contribution in [3.05, 3.63) is 75.3 Å². The summed E-state index contributed by atoms with van der Waals surface area (Å²) in [5.41, 5.74) is 0.156. The summed E-state index contributed by atoms with van der Waals surface area (Å²) >= 11 is 5.89. The summed E-state index contributed by atoms with van der Waals surface area (Å²) in [7, 11) is 0. The Bertz CT molecular complexity index is 1360. The molecule has 182 valence electrons. The van der Waals surface area contributed by atoms with Gasteiger partial charge in [-0.1, -0.05) is 17.7 Å². The highest BCUT2D eigenvalue weighted by Gasteiger charge is 2.43. The van der Waals surface area contributed by atoms with Gasteiger partial charge in [0.2, 0.25) is 5.89 Å². The van der Waals surface area contributed by atoms with Crippen LogP contribution >= 0.6 is 11.6 Å². The minimum atomic E-state index is -0.622. The van der Waals surface area contributed by atoms with Crippen LogP contribution < -0.4 is 15.8 Å². The van der Waals surface area contributed by atoms with Gasteiger partial charge >= 0.3 is 5.76 Å². The number of aromatic nitrogens is 6. The van der Waals surface area contributed by atoms with Crippen molar-refractivity contribution in [1.29, 1.82) is 0 Å². The molecule has 5 rings (SSSR count). The topological polar surface area (TPSA) is 135 Å². The van der Waals surface area contributed by atoms with Gasteiger partial charge in [-0.3, -0.25) is 5.10 Å². The quantitative estimate of drug-likeness (QED) is 0.344. The molecule has 0 radical (unpaired) electrons. The maximum Gasteiger partial charge on any atom is 0.434 e. The molecule has 12 heteroatoms. The molecule has 3 heterocycles. The molecule has 1 aromatic carbocycles. The van der Waals surface area contributed by atoms with E-state index in [0.717, 1.165) is 5.69 Å². The van der Waals surface area contributed by atoms with E-state index in [0.29, 0.717) is 55.5 Å². The average molecular weight is 500 g/mol. The first kappa shape index (κ1) is 23.0. The Hall–Kier alpha value is -3.73. The number of nitrogens with one attached hydrogen (secondary N) is 3. The van der Waals surface area contributed by atoms with E-state index in [9.17, 15) is 9.18 Å². The van der Waals surface area contributed by atoms with Crippen molar-refractivity contribution in [2.75, 3.05) is 5.32 Å². The molecule has 0 atom stereocenters. The van der Waals surface area contributed by atoms with Gasteiger partial charge in [0.1, 0.15) is 11.6 Å². The lowest BCUT2D eigenvalue weighted by Crippen LogP contribution is -2.38. The zero-order valence-electron chi connectivity index (χ0n) is 18.8. The fraction of sp³-hybridized carbons (Fsp3) is 0.348. The number of nitrogens with zero attached hydrogens (tertiary/aromatic N) is 4. The summed E-state index contributed by atoms with van der Waals surface area (Å²) in [5.74, 6) is 1.05. The Labute approximate surface area is 204 Å². The number of benzene rings is 1. The van der Waals surface area contributed by atoms with Crippen LogP contribution in [0.15, 0.2) is 45.7 Å². The van der Waals surface area contributed by atoms with E-state index in [1.54, 1.807) is 24.4 Å². The Morgan fingerprint density at radius 2 is 2.06 bits per heavy atom. The van der Waals surface area contributed by atoms with Crippen molar-refractivity contribution >= 4 is 23.2 Å². The lowest BCUT2D eigenvalue weighted by Gasteiger charge is -2.37. The van der Waals surface area contributed by atoms with Crippen LogP contribution in [-0.2, 0) is 11.8 Å². The van der Waals surface area contributed by atoms with E-state index in [2.05, 4.69) is 35.7 Å². The molecule has 0 amide bonds. The van der Waals surface area contributed by atoms with Gasteiger partial charge in [-0.05, 0) is 44.7 Å². The first-order chi connectivity index (χ1) is 16.9. The van der Waals surface area contributed by atoms with E-state index >= 15 is 0 Å². The zero-order chi connectivity index (χ0) is 24.4. The van der Waals surface area contributed by atoms with Gasteiger partial charge in [0, 0.05) is 30.4 Å². The highest BCUT2D eigenvalue weighted by Crippen LogP contribution is 2.42. The van der Waals surface area contributed by atoms with Crippen molar-refractivity contribution in [2.24, 2.45) is 0 Å². The van der Waals surface area contributed by atoms with Crippen LogP contribution in [0.5, 0.6) is 5.75 Å². The minimum absolute atomic E-state index is 0.0156. The molecule has 0 spiro atoms. The molecule has 3 aromatic heterocycles. The van der Waals surface area contributed by atoms with E-state index in [4.69, 9.17) is 20.8 Å². The van der Waals surface area contributed by atoms with Crippen LogP contribution in [0.1, 0.15) is 43.1 Å². The van der Waals surface area contributed by atoms with E-state index < -0.39 is 17.0 Å². The van der Waals surface area contributed by atoms with Crippen LogP contribution in [0, 0.1) is 12.7 Å². The maximum absolute atomic E-state index is 14.3. The number of anilines is 2. The van der Waals surface area contributed by atoms with Crippen LogP contribution in [0.25, 0.3) is 0 Å². The summed E-state index contributed by atoms with van der Waals surface area (Å²) in [5, 5.41) is 16.5. The van der Waals surface area contributed by atoms with Gasteiger partial charge in [-0.2, -0.15) is 5.10 Å². The molecule has 1 aliphatic rings. The standard InChI is InChI=1S/C23H23ClFN7O3/c1-13-11-18(28-17-7-10-26-30-17)29-19(27-13)12-23(21-31-32-22(33)35-21)8-5-14(6-9-23)34-16-4-2-3-15(24)20(16)25/h2-4,7,10-11,14H,5-6,8-9,12H2,1H3,(H,32,33)(H2,26,27,28,29,30)/t14-,23-. The molecule has 1 aliphatic carbocycles. The lowest BCUT2D eigenvalue weighted by atomic mass is 9.70. The van der Waals surface area contributed by atoms with Gasteiger partial charge in [0.05, 0.1) is 16.5 Å². The van der Waals surface area contributed by atoms with E-state index in [-0.39, 0.29) is 16.9 Å². The Kier molecular flexibility index (Phi) is 6.25. The van der Waals surface area contributed by atoms with Crippen molar-refractivity contribution in [3.63, 3.8) is 0 Å². The van der Waals surface area contributed by atoms with Gasteiger partial charge in [0.15, 0.2) is 17.4 Å². The number of ether oxygens (including phenoxy) is 1. The second-order valence-electron chi connectivity index (χ2n) is 8.64. The number of hydrogen-bond acceptors (Lipinski definition) is 8. The van der Waals surface area contributed by atoms with E-state index in [1.165, 1.54) is 6.07 Å². The number of hydrogen-bond donors (Lipinski definition) is 3. The van der Waals surface area contributed by atoms with Crippen LogP contribution in [0.4, 0.5) is 16.0 Å². The summed E-state index contributed by atoms with van der Waals surface area (Å²) in [4.78, 5) is 21.0. The van der Waals surface area contributed by atoms with Crippen LogP contribution in [0.2, 0.25) is 5.02 Å². The second kappa shape index (κ2) is 9.49. The maximum atomic E-state index is 14.3. The molecule has 35 heavy (non-hydrogen) atoms. The molecule has 1 fully saturated rings. The molecular formula is C23H23ClFN7O3. The molecule has 4 aromatic rings. The van der Waals surface area contributed by atoms with Gasteiger partial charge in [0.25, 0.3) is 0 Å². The SMILES string of the molecule is Cc1cc(Nc2cc[nH]n2)nc(C[C@]2(c3n[nH]c(=O)o3)CC[C@H](Oc3cccc(Cl)c3F)CC2)n1. The Balaban J connectivity index is 1.38. The predicted octanol–water partition coefficient (Wildman–Crippen LogP) is 4.22. The predicted molar refractivity (Wildman–Crippen MR) is 125 cm³/mol. The average Bonchev–Trinajstić information content (AvgIpc) is 3.50. The number of rotatable bonds is 7. The minimum Gasteiger partial charge on any atom is -0.487 e. The number of H-pyrrole nitrogens is 2. The molecule has 3 N–H and O–H groups in total. The largest absolute Gasteiger partial charge is 0.487 e. The monoisotopic (exact) mass is 499 g/mol. The Morgan fingerprint density at radius 3 is 2.77 bits per heavy atom. The van der Waals surface area contributed by atoms with Crippen LogP contribution in [-0.4, -0.2) is 36.5 Å². The normalized spacial score (nSPS) is 20.0. The lowest BCUT2D eigenvalue weighted by molar-refractivity contribution is 0.0984. The summed E-state index contributed by atoms with van der Waals surface area (Å²) < 4.78 is 25.6. The van der Waals surface area contributed by atoms with Crippen molar-refractivity contribution in [3.8, 4) is 5.75 Å². The van der Waals surface area contributed by atoms with Crippen molar-refractivity contribution < 1.29 is 13.5 Å². The number of halogens is 2. The summed E-state index contributed by atoms with van der Waals surface area (Å²) in [6.07, 6.45) is 4.22. The van der Waals surface area contributed by atoms with Crippen molar-refractivity contribution in [2.45, 2.75) is 50.5 Å². The zero-order valence-corrected chi connectivity index (χ0v) is 19.6. The third-order valence-electron chi connectivity index (χ3n) is 6.15. The van der Waals surface area contributed by atoms with Gasteiger partial charge in [-0.25, -0.2) is 24.3 Å². The molecule has 0 saturated heterocycles. The van der Waals surface area contributed by atoms with Crippen LogP contribution in [0.3, 0.4) is 0 Å². The van der Waals surface area contributed by atoms with E-state index in [1.807, 2.05) is 13.0 Å². The summed E-state index contributed by atoms with van der Waals surface area (Å²) in [6.45, 7) is 1.88. The first-order valence-corrected chi connectivity index (χ1v) is 11.6. The number of aryl methyl sites for hydroxylation is 1.